The van der Waals surface area contributed by atoms with E-state index in [-0.39, 0.29) is 47.7 Å². The van der Waals surface area contributed by atoms with E-state index in [9.17, 15) is 24.0 Å². The highest BCUT2D eigenvalue weighted by atomic mass is 16.5. The van der Waals surface area contributed by atoms with Crippen molar-refractivity contribution in [3.05, 3.63) is 101 Å². The van der Waals surface area contributed by atoms with E-state index in [1.165, 1.54) is 11.1 Å². The number of rotatable bonds is 13. The molecule has 1 aliphatic carbocycles. The Morgan fingerprint density at radius 2 is 1.62 bits per heavy atom. The third-order valence-corrected chi connectivity index (χ3v) is 9.43. The largest absolute Gasteiger partial charge is 0.494 e. The van der Waals surface area contributed by atoms with Gasteiger partial charge in [0.1, 0.15) is 17.5 Å². The number of benzene rings is 3. The Kier molecular flexibility index (Phi) is 8.74. The van der Waals surface area contributed by atoms with E-state index >= 15 is 0 Å². The number of anilines is 1. The van der Waals surface area contributed by atoms with Crippen LogP contribution >= 0.6 is 0 Å². The minimum atomic E-state index is -0.994. The number of imide groups is 2. The van der Waals surface area contributed by atoms with Gasteiger partial charge in [0.25, 0.3) is 29.4 Å². The fraction of sp³-hybridized carbons (Fsp3) is 0.306. The van der Waals surface area contributed by atoms with Gasteiger partial charge in [0.15, 0.2) is 6.61 Å². The molecule has 1 unspecified atom stereocenters. The van der Waals surface area contributed by atoms with E-state index in [0.717, 1.165) is 29.9 Å². The van der Waals surface area contributed by atoms with Crippen molar-refractivity contribution in [2.75, 3.05) is 18.5 Å². The molecule has 3 heterocycles. The van der Waals surface area contributed by atoms with Gasteiger partial charge in [0, 0.05) is 24.1 Å². The van der Waals surface area contributed by atoms with E-state index in [0.29, 0.717) is 31.0 Å². The Balaban J connectivity index is 0.888. The lowest BCUT2D eigenvalue weighted by molar-refractivity contribution is -0.136. The van der Waals surface area contributed by atoms with Gasteiger partial charge in [-0.3, -0.25) is 34.2 Å². The molecule has 2 fully saturated rings. The van der Waals surface area contributed by atoms with Gasteiger partial charge >= 0.3 is 0 Å². The minimum Gasteiger partial charge on any atom is -0.494 e. The Bertz CT molecular complexity index is 1970. The van der Waals surface area contributed by atoms with E-state index in [2.05, 4.69) is 45.0 Å². The number of piperidine rings is 1. The van der Waals surface area contributed by atoms with Crippen LogP contribution in [0.1, 0.15) is 86.9 Å². The Morgan fingerprint density at radius 3 is 2.24 bits per heavy atom. The molecule has 5 amide bonds. The molecule has 4 aromatic rings. The predicted octanol–water partition coefficient (Wildman–Crippen LogP) is 3.50. The average Bonchev–Trinajstić information content (AvgIpc) is 3.67. The maximum absolute atomic E-state index is 13.1. The summed E-state index contributed by atoms with van der Waals surface area (Å²) >= 11 is 0. The second-order valence-electron chi connectivity index (χ2n) is 12.5. The van der Waals surface area contributed by atoms with Crippen LogP contribution in [0, 0.1) is 0 Å². The van der Waals surface area contributed by atoms with Gasteiger partial charge < -0.3 is 25.0 Å². The molecule has 3 aromatic carbocycles. The lowest BCUT2D eigenvalue weighted by Crippen LogP contribution is -2.54. The molecule has 1 aromatic heterocycles. The lowest BCUT2D eigenvalue weighted by atomic mass is 9.60. The summed E-state index contributed by atoms with van der Waals surface area (Å²) in [5.41, 5.74) is 8.65. The molecule has 1 atom stereocenters. The second kappa shape index (κ2) is 13.5. The van der Waals surface area contributed by atoms with Crippen LogP contribution in [-0.2, 0) is 21.6 Å². The molecule has 4 N–H and O–H groups in total. The second-order valence-corrected chi connectivity index (χ2v) is 12.5. The van der Waals surface area contributed by atoms with Crippen LogP contribution in [0.15, 0.2) is 71.3 Å². The zero-order chi connectivity index (χ0) is 34.8. The summed E-state index contributed by atoms with van der Waals surface area (Å²) in [6, 6.07) is 20.1. The number of amides is 5. The van der Waals surface area contributed by atoms with Crippen LogP contribution in [0.3, 0.4) is 0 Å². The molecule has 3 aliphatic rings. The van der Waals surface area contributed by atoms with Crippen LogP contribution in [0.2, 0.25) is 0 Å². The first-order valence-electron chi connectivity index (χ1n) is 16.4. The van der Waals surface area contributed by atoms with E-state index in [1.54, 1.807) is 18.2 Å². The highest BCUT2D eigenvalue weighted by Crippen LogP contribution is 2.49. The maximum Gasteiger partial charge on any atom is 0.290 e. The summed E-state index contributed by atoms with van der Waals surface area (Å²) in [5.74, 6) is -1.50. The maximum atomic E-state index is 13.1. The zero-order valence-corrected chi connectivity index (χ0v) is 27.0. The molecule has 1 saturated heterocycles. The Hall–Kier alpha value is -6.05. The van der Waals surface area contributed by atoms with Gasteiger partial charge in [-0.05, 0) is 79.3 Å². The third kappa shape index (κ3) is 6.27. The third-order valence-electron chi connectivity index (χ3n) is 9.43. The first-order chi connectivity index (χ1) is 24.2. The first-order valence-corrected chi connectivity index (χ1v) is 16.4. The molecule has 14 heteroatoms. The zero-order valence-electron chi connectivity index (χ0n) is 27.0. The molecule has 0 radical (unpaired) electrons. The van der Waals surface area contributed by atoms with E-state index in [1.807, 2.05) is 24.3 Å². The topological polar surface area (TPSA) is 196 Å². The summed E-state index contributed by atoms with van der Waals surface area (Å²) in [6.45, 7) is 1.06. The molecule has 1 saturated carbocycles. The number of carbonyl (C=O) groups excluding carboxylic acids is 5. The van der Waals surface area contributed by atoms with Crippen LogP contribution in [0.25, 0.3) is 0 Å². The first kappa shape index (κ1) is 32.5. The van der Waals surface area contributed by atoms with E-state index < -0.39 is 35.6 Å². The van der Waals surface area contributed by atoms with Crippen LogP contribution in [-0.4, -0.2) is 63.8 Å². The number of nitrogens with one attached hydrogen (secondary N) is 2. The SMILES string of the molecule is NC(=O)c1noc(COc2ccc(C3(c4ccc(OCCCNc5ccc6c(c5)C(=O)N(C5CCC(=O)NC5=O)C6=O)cc4)CCC3)cc2)n1. The molecule has 2 aliphatic heterocycles. The van der Waals surface area contributed by atoms with Crippen molar-refractivity contribution in [3.63, 3.8) is 0 Å². The number of carbonyl (C=O) groups is 5. The molecular weight excluding hydrogens is 644 g/mol. The lowest BCUT2D eigenvalue weighted by Gasteiger charge is -2.43. The summed E-state index contributed by atoms with van der Waals surface area (Å²) in [6.07, 6.45) is 4.08. The molecule has 14 nitrogen and oxygen atoms in total. The Labute approximate surface area is 286 Å². The van der Waals surface area contributed by atoms with Crippen molar-refractivity contribution in [2.24, 2.45) is 5.73 Å². The van der Waals surface area contributed by atoms with Crippen LogP contribution in [0.4, 0.5) is 5.69 Å². The monoisotopic (exact) mass is 678 g/mol. The molecule has 7 rings (SSSR count). The number of hydrogen-bond acceptors (Lipinski definition) is 11. The number of primary amides is 1. The molecule has 0 spiro atoms. The molecular formula is C36H34N6O8. The van der Waals surface area contributed by atoms with Crippen LogP contribution < -0.4 is 25.8 Å². The van der Waals surface area contributed by atoms with E-state index in [4.69, 9.17) is 19.7 Å². The van der Waals surface area contributed by atoms with Gasteiger partial charge in [0.05, 0.1) is 17.7 Å². The van der Waals surface area contributed by atoms with Crippen molar-refractivity contribution in [1.82, 2.24) is 20.4 Å². The summed E-state index contributed by atoms with van der Waals surface area (Å²) in [4.78, 5) is 65.8. The van der Waals surface area contributed by atoms with Gasteiger partial charge in [-0.2, -0.15) is 4.98 Å². The highest BCUT2D eigenvalue weighted by Gasteiger charge is 2.44. The fourth-order valence-corrected chi connectivity index (χ4v) is 6.65. The van der Waals surface area contributed by atoms with Crippen molar-refractivity contribution in [2.45, 2.75) is 56.6 Å². The minimum absolute atomic E-state index is 0.0204. The highest BCUT2D eigenvalue weighted by molar-refractivity contribution is 6.23. The van der Waals surface area contributed by atoms with Gasteiger partial charge in [-0.15, -0.1) is 0 Å². The van der Waals surface area contributed by atoms with Crippen LogP contribution in [0.5, 0.6) is 11.5 Å². The Morgan fingerprint density at radius 1 is 0.940 bits per heavy atom. The van der Waals surface area contributed by atoms with Gasteiger partial charge in [0.2, 0.25) is 11.8 Å². The number of nitrogens with two attached hydrogens (primary N) is 1. The fourth-order valence-electron chi connectivity index (χ4n) is 6.65. The van der Waals surface area contributed by atoms with Crippen molar-refractivity contribution >= 4 is 35.2 Å². The van der Waals surface area contributed by atoms with Crippen molar-refractivity contribution in [1.29, 1.82) is 0 Å². The standard InChI is InChI=1S/C36H34N6O8/c37-31(44)32-40-30(50-41-32)20-49-25-10-5-22(6-11-25)36(15-1-16-36)21-3-8-24(9-4-21)48-18-2-17-38-23-7-12-26-27(19-23)35(47)42(34(26)46)28-13-14-29(43)39-33(28)45/h3-12,19,28,38H,1-2,13-18,20H2,(H2,37,44)(H,39,43,45). The number of fused-ring (bicyclic) bond motifs is 1. The number of hydrogen-bond donors (Lipinski definition) is 3. The molecule has 50 heavy (non-hydrogen) atoms. The summed E-state index contributed by atoms with van der Waals surface area (Å²) in [5, 5.41) is 8.99. The van der Waals surface area contributed by atoms with Crippen molar-refractivity contribution in [3.8, 4) is 11.5 Å². The molecule has 0 bridgehead atoms. The van der Waals surface area contributed by atoms with Crippen molar-refractivity contribution < 1.29 is 38.0 Å². The molecule has 256 valence electrons. The van der Waals surface area contributed by atoms with Gasteiger partial charge in [-0.25, -0.2) is 0 Å². The summed E-state index contributed by atoms with van der Waals surface area (Å²) in [7, 11) is 0. The average molecular weight is 679 g/mol. The van der Waals surface area contributed by atoms with Gasteiger partial charge in [-0.1, -0.05) is 35.8 Å². The predicted molar refractivity (Wildman–Crippen MR) is 176 cm³/mol. The number of aromatic nitrogens is 2. The normalized spacial score (nSPS) is 17.9. The summed E-state index contributed by atoms with van der Waals surface area (Å²) < 4.78 is 16.7. The quantitative estimate of drug-likeness (QED) is 0.138. The number of ether oxygens (including phenoxy) is 2. The smallest absolute Gasteiger partial charge is 0.290 e. The number of nitrogens with zero attached hydrogens (tertiary/aromatic N) is 3.